The van der Waals surface area contributed by atoms with Crippen LogP contribution in [0.1, 0.15) is 27.4 Å². The average Bonchev–Trinajstić information content (AvgIpc) is 3.37. The van der Waals surface area contributed by atoms with E-state index in [2.05, 4.69) is 54.6 Å². The summed E-state index contributed by atoms with van der Waals surface area (Å²) in [5, 5.41) is 0. The van der Waals surface area contributed by atoms with Crippen LogP contribution in [0.5, 0.6) is 5.75 Å². The third-order valence-electron chi connectivity index (χ3n) is 5.20. The smallest absolute Gasteiger partial charge is 0.185 e. The lowest BCUT2D eigenvalue weighted by Crippen LogP contribution is -1.94. The Morgan fingerprint density at radius 3 is 2.43 bits per heavy atom. The summed E-state index contributed by atoms with van der Waals surface area (Å²) in [5.74, 6) is 1.71. The molecule has 0 N–H and O–H groups in total. The topological polar surface area (TPSA) is 39.4 Å². The Labute approximate surface area is 163 Å². The van der Waals surface area contributed by atoms with Crippen LogP contribution < -0.4 is 4.74 Å². The van der Waals surface area contributed by atoms with E-state index in [1.54, 1.807) is 12.1 Å². The zero-order valence-electron chi connectivity index (χ0n) is 15.2. The van der Waals surface area contributed by atoms with Crippen molar-refractivity contribution >= 4 is 6.29 Å². The van der Waals surface area contributed by atoms with Crippen LogP contribution >= 0.6 is 0 Å². The third-order valence-corrected chi connectivity index (χ3v) is 5.20. The molecular formula is C25H18O3. The van der Waals surface area contributed by atoms with Crippen molar-refractivity contribution in [2.24, 2.45) is 0 Å². The van der Waals surface area contributed by atoms with Crippen LogP contribution in [0.3, 0.4) is 0 Å². The molecule has 0 spiro atoms. The Morgan fingerprint density at radius 2 is 1.61 bits per heavy atom. The van der Waals surface area contributed by atoms with Gasteiger partial charge in [-0.05, 0) is 64.1 Å². The zero-order chi connectivity index (χ0) is 18.9. The molecule has 0 bridgehead atoms. The average molecular weight is 366 g/mol. The van der Waals surface area contributed by atoms with Crippen molar-refractivity contribution in [1.29, 1.82) is 0 Å². The van der Waals surface area contributed by atoms with E-state index in [-0.39, 0.29) is 0 Å². The lowest BCUT2D eigenvalue weighted by Gasteiger charge is -2.10. The van der Waals surface area contributed by atoms with Crippen molar-refractivity contribution in [2.45, 2.75) is 13.0 Å². The highest BCUT2D eigenvalue weighted by atomic mass is 16.5. The van der Waals surface area contributed by atoms with Crippen molar-refractivity contribution in [3.8, 4) is 28.0 Å². The second-order valence-corrected chi connectivity index (χ2v) is 6.90. The van der Waals surface area contributed by atoms with Crippen LogP contribution in [0.2, 0.25) is 0 Å². The van der Waals surface area contributed by atoms with E-state index in [1.165, 1.54) is 33.4 Å². The molecule has 28 heavy (non-hydrogen) atoms. The van der Waals surface area contributed by atoms with Crippen LogP contribution in [0.4, 0.5) is 0 Å². The maximum absolute atomic E-state index is 10.7. The predicted molar refractivity (Wildman–Crippen MR) is 109 cm³/mol. The van der Waals surface area contributed by atoms with Gasteiger partial charge >= 0.3 is 0 Å². The molecule has 1 aliphatic rings. The van der Waals surface area contributed by atoms with Crippen molar-refractivity contribution in [2.75, 3.05) is 0 Å². The first-order valence-electron chi connectivity index (χ1n) is 9.29. The number of aldehydes is 1. The number of benzene rings is 3. The first kappa shape index (κ1) is 16.6. The van der Waals surface area contributed by atoms with Crippen molar-refractivity contribution in [1.82, 2.24) is 0 Å². The summed E-state index contributed by atoms with van der Waals surface area (Å²) in [5.41, 5.74) is 7.89. The highest BCUT2D eigenvalue weighted by Crippen LogP contribution is 2.41. The molecule has 136 valence electrons. The van der Waals surface area contributed by atoms with Gasteiger partial charge in [0.2, 0.25) is 0 Å². The Balaban J connectivity index is 1.37. The molecule has 0 saturated carbocycles. The highest BCUT2D eigenvalue weighted by molar-refractivity contribution is 5.84. The van der Waals surface area contributed by atoms with Crippen LogP contribution in [0.15, 0.2) is 83.3 Å². The molecule has 4 aromatic rings. The van der Waals surface area contributed by atoms with Gasteiger partial charge in [0.25, 0.3) is 0 Å². The second kappa shape index (κ2) is 6.86. The predicted octanol–water partition coefficient (Wildman–Crippen LogP) is 5.91. The summed E-state index contributed by atoms with van der Waals surface area (Å²) in [6.07, 6.45) is 1.66. The fourth-order valence-electron chi connectivity index (χ4n) is 3.85. The molecule has 0 amide bonds. The fourth-order valence-corrected chi connectivity index (χ4v) is 3.85. The number of carbonyl (C=O) groups is 1. The molecule has 1 aromatic heterocycles. The molecular weight excluding hydrogens is 348 g/mol. The Morgan fingerprint density at radius 1 is 0.821 bits per heavy atom. The molecule has 1 aliphatic carbocycles. The second-order valence-electron chi connectivity index (χ2n) is 6.90. The van der Waals surface area contributed by atoms with E-state index >= 15 is 0 Å². The molecule has 5 rings (SSSR count). The molecule has 3 aromatic carbocycles. The van der Waals surface area contributed by atoms with Gasteiger partial charge in [-0.15, -0.1) is 0 Å². The highest BCUT2D eigenvalue weighted by Gasteiger charge is 2.20. The van der Waals surface area contributed by atoms with Crippen molar-refractivity contribution < 1.29 is 13.9 Å². The first-order valence-corrected chi connectivity index (χ1v) is 9.29. The van der Waals surface area contributed by atoms with Gasteiger partial charge in [0.15, 0.2) is 12.0 Å². The van der Waals surface area contributed by atoms with E-state index in [9.17, 15) is 4.79 Å². The molecule has 0 atom stereocenters. The molecule has 3 nitrogen and oxygen atoms in total. The zero-order valence-corrected chi connectivity index (χ0v) is 15.2. The van der Waals surface area contributed by atoms with Gasteiger partial charge in [-0.2, -0.15) is 0 Å². The standard InChI is InChI=1S/C25H18O3/c26-15-20-12-13-21(28-20)16-27-19-10-8-17(9-11-19)22-6-3-7-24-23-5-2-1-4-18(23)14-25(22)24/h1-13,15H,14,16H2. The SMILES string of the molecule is O=Cc1ccc(COc2ccc(-c3cccc4c3Cc3ccccc3-4)cc2)o1. The molecule has 0 radical (unpaired) electrons. The van der Waals surface area contributed by atoms with E-state index in [0.29, 0.717) is 24.4 Å². The third kappa shape index (κ3) is 2.91. The molecule has 0 fully saturated rings. The molecule has 1 heterocycles. The molecule has 0 aliphatic heterocycles. The van der Waals surface area contributed by atoms with Gasteiger partial charge < -0.3 is 9.15 Å². The summed E-state index contributed by atoms with van der Waals surface area (Å²) in [7, 11) is 0. The van der Waals surface area contributed by atoms with E-state index in [1.807, 2.05) is 12.1 Å². The molecule has 3 heteroatoms. The largest absolute Gasteiger partial charge is 0.486 e. The lowest BCUT2D eigenvalue weighted by molar-refractivity contribution is 0.109. The minimum absolute atomic E-state index is 0.295. The van der Waals surface area contributed by atoms with Crippen molar-refractivity contribution in [3.05, 3.63) is 102 Å². The van der Waals surface area contributed by atoms with Gasteiger partial charge in [0, 0.05) is 0 Å². The van der Waals surface area contributed by atoms with Gasteiger partial charge in [-0.25, -0.2) is 0 Å². The Hall–Kier alpha value is -3.59. The maximum Gasteiger partial charge on any atom is 0.185 e. The number of furan rings is 1. The minimum atomic E-state index is 0.295. The summed E-state index contributed by atoms with van der Waals surface area (Å²) < 4.78 is 11.1. The maximum atomic E-state index is 10.7. The van der Waals surface area contributed by atoms with Gasteiger partial charge in [-0.3, -0.25) is 4.79 Å². The van der Waals surface area contributed by atoms with Crippen LogP contribution in [0, 0.1) is 0 Å². The Kier molecular flexibility index (Phi) is 4.06. The molecule has 0 unspecified atom stereocenters. The summed E-state index contributed by atoms with van der Waals surface area (Å²) in [4.78, 5) is 10.7. The van der Waals surface area contributed by atoms with E-state index in [0.717, 1.165) is 12.2 Å². The first-order chi connectivity index (χ1) is 13.8. The summed E-state index contributed by atoms with van der Waals surface area (Å²) in [6, 6.07) is 26.7. The minimum Gasteiger partial charge on any atom is -0.486 e. The summed E-state index contributed by atoms with van der Waals surface area (Å²) in [6.45, 7) is 0.295. The number of hydrogen-bond donors (Lipinski definition) is 0. The number of ether oxygens (including phenoxy) is 1. The Bertz CT molecular complexity index is 1150. The van der Waals surface area contributed by atoms with Crippen LogP contribution in [0.25, 0.3) is 22.3 Å². The van der Waals surface area contributed by atoms with Gasteiger partial charge in [0.1, 0.15) is 18.1 Å². The van der Waals surface area contributed by atoms with Crippen LogP contribution in [-0.4, -0.2) is 6.29 Å². The number of rotatable bonds is 5. The number of fused-ring (bicyclic) bond motifs is 3. The van der Waals surface area contributed by atoms with E-state index in [4.69, 9.17) is 9.15 Å². The van der Waals surface area contributed by atoms with Crippen molar-refractivity contribution in [3.63, 3.8) is 0 Å². The van der Waals surface area contributed by atoms with Gasteiger partial charge in [-0.1, -0.05) is 54.6 Å². The normalized spacial score (nSPS) is 11.7. The number of carbonyl (C=O) groups excluding carboxylic acids is 1. The van der Waals surface area contributed by atoms with Gasteiger partial charge in [0.05, 0.1) is 0 Å². The number of hydrogen-bond acceptors (Lipinski definition) is 3. The van der Waals surface area contributed by atoms with Crippen LogP contribution in [-0.2, 0) is 13.0 Å². The monoisotopic (exact) mass is 366 g/mol. The quantitative estimate of drug-likeness (QED) is 0.363. The van der Waals surface area contributed by atoms with E-state index < -0.39 is 0 Å². The fraction of sp³-hybridized carbons (Fsp3) is 0.0800. The lowest BCUT2D eigenvalue weighted by atomic mass is 9.96. The molecule has 0 saturated heterocycles. The summed E-state index contributed by atoms with van der Waals surface area (Å²) >= 11 is 0.